The van der Waals surface area contributed by atoms with Crippen LogP contribution in [-0.4, -0.2) is 33.7 Å². The molecular formula is C29H29N5O3S3. The molecule has 206 valence electrons. The smallest absolute Gasteiger partial charge is 0.331 e. The Balaban J connectivity index is 0.00000185. The van der Waals surface area contributed by atoms with Gasteiger partial charge >= 0.3 is 6.03 Å². The lowest BCUT2D eigenvalue weighted by atomic mass is 10.0. The monoisotopic (exact) mass is 591 g/mol. The molecule has 2 aliphatic rings. The minimum Gasteiger partial charge on any atom is -0.349 e. The largest absolute Gasteiger partial charge is 0.349 e. The first-order chi connectivity index (χ1) is 18.5. The van der Waals surface area contributed by atoms with Crippen LogP contribution in [0.4, 0.5) is 21.9 Å². The van der Waals surface area contributed by atoms with Gasteiger partial charge in [-0.2, -0.15) is 27.0 Å². The van der Waals surface area contributed by atoms with Gasteiger partial charge in [-0.05, 0) is 49.5 Å². The van der Waals surface area contributed by atoms with Crippen LogP contribution in [0.2, 0.25) is 0 Å². The van der Waals surface area contributed by atoms with E-state index in [0.29, 0.717) is 33.2 Å². The van der Waals surface area contributed by atoms with E-state index in [-0.39, 0.29) is 56.7 Å². The number of thiophene rings is 1. The molecule has 1 aliphatic heterocycles. The third kappa shape index (κ3) is 5.49. The molecular weight excluding hydrogens is 563 g/mol. The number of urea groups is 1. The molecule has 2 N–H and O–H groups in total. The number of rotatable bonds is 7. The number of benzene rings is 1. The van der Waals surface area contributed by atoms with Crippen molar-refractivity contribution in [1.29, 1.82) is 0 Å². The van der Waals surface area contributed by atoms with E-state index < -0.39 is 0 Å². The van der Waals surface area contributed by atoms with Crippen molar-refractivity contribution in [1.82, 2.24) is 15.3 Å². The molecule has 0 spiro atoms. The molecule has 0 unspecified atom stereocenters. The molecule has 40 heavy (non-hydrogen) atoms. The number of nitrogens with zero attached hydrogens (tertiary/aromatic N) is 3. The van der Waals surface area contributed by atoms with Crippen LogP contribution in [-0.2, 0) is 4.79 Å². The van der Waals surface area contributed by atoms with E-state index >= 15 is 0 Å². The number of carbonyl (C=O) groups excluding carboxylic acids is 3. The van der Waals surface area contributed by atoms with Gasteiger partial charge in [0, 0.05) is 30.4 Å². The molecule has 1 fully saturated rings. The van der Waals surface area contributed by atoms with Gasteiger partial charge in [-0.3, -0.25) is 19.5 Å². The zero-order valence-corrected chi connectivity index (χ0v) is 24.3. The van der Waals surface area contributed by atoms with Crippen LogP contribution in [0, 0.1) is 5.92 Å². The van der Waals surface area contributed by atoms with Crippen molar-refractivity contribution in [3.63, 3.8) is 0 Å². The third-order valence-corrected chi connectivity index (χ3v) is 8.21. The van der Waals surface area contributed by atoms with Crippen molar-refractivity contribution >= 4 is 83.3 Å². The number of anilines is 3. The van der Waals surface area contributed by atoms with Crippen LogP contribution >= 0.6 is 38.3 Å². The lowest BCUT2D eigenvalue weighted by Crippen LogP contribution is -2.36. The van der Waals surface area contributed by atoms with Crippen LogP contribution in [0.1, 0.15) is 35.4 Å². The number of aromatic nitrogens is 2. The molecule has 2 atom stereocenters. The topological polar surface area (TPSA) is 104 Å². The van der Waals surface area contributed by atoms with Gasteiger partial charge in [-0.1, -0.05) is 36.9 Å². The standard InChI is InChI=1S/C29H25N5O3S.2H2S/c1-2-21(35)15-17-8-9-19(14-17)32-27(36)26-25-24-23(11-13-31-28(24)38-26)34(29(37)33-25)20-10-12-30-22(16-20)18-6-4-3-5-7-18;;/h2-7,10-13,16-17,19H,1,8-9,14-15H2,(H,32,36)(H,33,37);2*1H2/t17-,19-;;/m0../s1. The zero-order valence-electron chi connectivity index (χ0n) is 21.5. The Morgan fingerprint density at radius 1 is 1.10 bits per heavy atom. The number of allylic oxidation sites excluding steroid dienone is 1. The number of ketones is 1. The van der Waals surface area contributed by atoms with Crippen LogP contribution < -0.4 is 15.5 Å². The number of hydrogen-bond acceptors (Lipinski definition) is 6. The molecule has 11 heteroatoms. The Kier molecular flexibility index (Phi) is 8.97. The molecule has 1 aliphatic carbocycles. The van der Waals surface area contributed by atoms with Gasteiger partial charge in [0.05, 0.1) is 28.1 Å². The molecule has 0 saturated heterocycles. The summed E-state index contributed by atoms with van der Waals surface area (Å²) in [4.78, 5) is 50.2. The van der Waals surface area contributed by atoms with Gasteiger partial charge < -0.3 is 10.6 Å². The number of pyridine rings is 2. The van der Waals surface area contributed by atoms with Crippen molar-refractivity contribution < 1.29 is 14.4 Å². The summed E-state index contributed by atoms with van der Waals surface area (Å²) in [7, 11) is 0. The van der Waals surface area contributed by atoms with Crippen LogP contribution in [0.3, 0.4) is 0 Å². The van der Waals surface area contributed by atoms with Gasteiger partial charge in [-0.25, -0.2) is 9.78 Å². The van der Waals surface area contributed by atoms with E-state index in [4.69, 9.17) is 0 Å². The first-order valence-electron chi connectivity index (χ1n) is 12.5. The number of carbonyl (C=O) groups is 3. The van der Waals surface area contributed by atoms with Crippen molar-refractivity contribution in [2.24, 2.45) is 5.92 Å². The maximum absolute atomic E-state index is 13.4. The minimum atomic E-state index is -0.355. The molecule has 6 rings (SSSR count). The van der Waals surface area contributed by atoms with Crippen molar-refractivity contribution in [3.05, 3.63) is 78.5 Å². The highest BCUT2D eigenvalue weighted by atomic mass is 32.1. The zero-order chi connectivity index (χ0) is 26.2. The minimum absolute atomic E-state index is 0. The summed E-state index contributed by atoms with van der Waals surface area (Å²) in [5.74, 6) is 0.0415. The fourth-order valence-electron chi connectivity index (χ4n) is 5.34. The number of nitrogens with one attached hydrogen (secondary N) is 2. The predicted molar refractivity (Wildman–Crippen MR) is 170 cm³/mol. The summed E-state index contributed by atoms with van der Waals surface area (Å²) in [6, 6.07) is 14.9. The van der Waals surface area contributed by atoms with Gasteiger partial charge in [0.2, 0.25) is 0 Å². The van der Waals surface area contributed by atoms with E-state index in [1.807, 2.05) is 36.4 Å². The van der Waals surface area contributed by atoms with Gasteiger partial charge in [0.25, 0.3) is 5.91 Å². The average Bonchev–Trinajstić information content (AvgIpc) is 3.54. The van der Waals surface area contributed by atoms with Gasteiger partial charge in [0.15, 0.2) is 5.78 Å². The summed E-state index contributed by atoms with van der Waals surface area (Å²) in [5.41, 5.74) is 3.52. The van der Waals surface area contributed by atoms with Crippen molar-refractivity contribution in [3.8, 4) is 11.3 Å². The van der Waals surface area contributed by atoms with Crippen LogP contribution in [0.25, 0.3) is 21.5 Å². The molecule has 4 heterocycles. The average molecular weight is 592 g/mol. The second kappa shape index (κ2) is 12.2. The molecule has 1 aromatic carbocycles. The summed E-state index contributed by atoms with van der Waals surface area (Å²) in [6.07, 6.45) is 7.62. The fourth-order valence-corrected chi connectivity index (χ4v) is 6.36. The Labute approximate surface area is 249 Å². The first kappa shape index (κ1) is 29.3. The quantitative estimate of drug-likeness (QED) is 0.245. The van der Waals surface area contributed by atoms with Crippen molar-refractivity contribution in [2.75, 3.05) is 10.2 Å². The highest BCUT2D eigenvalue weighted by Crippen LogP contribution is 2.46. The van der Waals surface area contributed by atoms with E-state index in [9.17, 15) is 14.4 Å². The molecule has 0 radical (unpaired) electrons. The van der Waals surface area contributed by atoms with E-state index in [2.05, 4.69) is 27.2 Å². The fraction of sp³-hybridized carbons (Fsp3) is 0.207. The van der Waals surface area contributed by atoms with Gasteiger partial charge in [-0.15, -0.1) is 11.3 Å². The molecule has 3 aromatic heterocycles. The first-order valence-corrected chi connectivity index (χ1v) is 13.3. The second-order valence-electron chi connectivity index (χ2n) is 9.57. The summed E-state index contributed by atoms with van der Waals surface area (Å²) in [6.45, 7) is 3.55. The van der Waals surface area contributed by atoms with E-state index in [1.54, 1.807) is 29.4 Å². The number of amides is 3. The molecule has 3 amide bonds. The lowest BCUT2D eigenvalue weighted by Gasteiger charge is -2.28. The normalized spacial score (nSPS) is 17.4. The maximum Gasteiger partial charge on any atom is 0.331 e. The molecule has 8 nitrogen and oxygen atoms in total. The van der Waals surface area contributed by atoms with Crippen LogP contribution in [0.15, 0.2) is 73.6 Å². The third-order valence-electron chi connectivity index (χ3n) is 7.12. The Morgan fingerprint density at radius 2 is 1.88 bits per heavy atom. The maximum atomic E-state index is 13.4. The predicted octanol–water partition coefficient (Wildman–Crippen LogP) is 6.31. The highest BCUT2D eigenvalue weighted by Gasteiger charge is 2.34. The highest BCUT2D eigenvalue weighted by molar-refractivity contribution is 7.59. The lowest BCUT2D eigenvalue weighted by molar-refractivity contribution is -0.115. The number of hydrogen-bond donors (Lipinski definition) is 2. The second-order valence-corrected chi connectivity index (χ2v) is 10.6. The molecule has 0 bridgehead atoms. The van der Waals surface area contributed by atoms with Crippen molar-refractivity contribution in [2.45, 2.75) is 31.7 Å². The summed E-state index contributed by atoms with van der Waals surface area (Å²) < 4.78 is 0. The summed E-state index contributed by atoms with van der Waals surface area (Å²) in [5, 5.41) is 6.80. The Hall–Kier alpha value is -3.67. The Bertz CT molecular complexity index is 1590. The van der Waals surface area contributed by atoms with Crippen LogP contribution in [0.5, 0.6) is 0 Å². The summed E-state index contributed by atoms with van der Waals surface area (Å²) >= 11 is 1.26. The molecule has 4 aromatic rings. The van der Waals surface area contributed by atoms with E-state index in [0.717, 1.165) is 35.9 Å². The Morgan fingerprint density at radius 3 is 2.65 bits per heavy atom. The molecule has 1 saturated carbocycles. The SMILES string of the molecule is C=CC(=O)C[C@H]1CC[C@H](NC(=O)c2sc3nccc4c3c2NC(=O)N4c2ccnc(-c3ccccc3)c2)C1.S.S. The van der Waals surface area contributed by atoms with E-state index in [1.165, 1.54) is 17.4 Å². The van der Waals surface area contributed by atoms with Gasteiger partial charge in [0.1, 0.15) is 9.71 Å².